The first-order chi connectivity index (χ1) is 13.2. The molecule has 3 heterocycles. The van der Waals surface area contributed by atoms with Crippen LogP contribution in [0.5, 0.6) is 5.75 Å². The van der Waals surface area contributed by atoms with Gasteiger partial charge in [0.1, 0.15) is 5.82 Å². The van der Waals surface area contributed by atoms with Crippen molar-refractivity contribution in [2.75, 3.05) is 20.3 Å². The molecule has 4 rings (SSSR count). The summed E-state index contributed by atoms with van der Waals surface area (Å²) >= 11 is 0. The summed E-state index contributed by atoms with van der Waals surface area (Å²) in [5.41, 5.74) is 1.37. The molecule has 2 atom stereocenters. The predicted molar refractivity (Wildman–Crippen MR) is 95.4 cm³/mol. The van der Waals surface area contributed by atoms with Crippen LogP contribution < -0.4 is 4.74 Å². The van der Waals surface area contributed by atoms with Gasteiger partial charge in [0.05, 0.1) is 31.9 Å². The van der Waals surface area contributed by atoms with Gasteiger partial charge in [-0.3, -0.25) is 4.98 Å². The first-order valence-electron chi connectivity index (χ1n) is 8.71. The molecule has 0 unspecified atom stereocenters. The Balaban J connectivity index is 1.68. The van der Waals surface area contributed by atoms with Crippen LogP contribution in [0.1, 0.15) is 11.6 Å². The molecule has 7 heteroatoms. The largest absolute Gasteiger partial charge is 0.491 e. The van der Waals surface area contributed by atoms with Crippen molar-refractivity contribution in [3.05, 3.63) is 66.3 Å². The Bertz CT molecular complexity index is 930. The van der Waals surface area contributed by atoms with Gasteiger partial charge in [0.25, 0.3) is 0 Å². The summed E-state index contributed by atoms with van der Waals surface area (Å²) in [7, 11) is 1.24. The quantitative estimate of drug-likeness (QED) is 0.687. The first kappa shape index (κ1) is 17.6. The fraction of sp³-hybridized carbons (Fsp3) is 0.300. The number of methoxy groups -OCH3 is 1. The number of ether oxygens (including phenoxy) is 2. The van der Waals surface area contributed by atoms with Crippen molar-refractivity contribution in [1.29, 1.82) is 0 Å². The summed E-state index contributed by atoms with van der Waals surface area (Å²) in [5.74, 6) is -1.25. The lowest BCUT2D eigenvalue weighted by Gasteiger charge is -2.21. The van der Waals surface area contributed by atoms with E-state index >= 15 is 0 Å². The smallest absolute Gasteiger partial charge is 0.191 e. The third-order valence-corrected chi connectivity index (χ3v) is 4.93. The van der Waals surface area contributed by atoms with E-state index in [1.165, 1.54) is 24.8 Å². The first-order valence-corrected chi connectivity index (χ1v) is 8.71. The van der Waals surface area contributed by atoms with E-state index < -0.39 is 17.4 Å². The van der Waals surface area contributed by atoms with Gasteiger partial charge in [0, 0.05) is 30.7 Å². The van der Waals surface area contributed by atoms with Crippen molar-refractivity contribution in [2.24, 2.45) is 5.92 Å². The summed E-state index contributed by atoms with van der Waals surface area (Å²) in [5, 5.41) is 0. The molecule has 27 heavy (non-hydrogen) atoms. The van der Waals surface area contributed by atoms with Crippen molar-refractivity contribution >= 4 is 0 Å². The summed E-state index contributed by atoms with van der Waals surface area (Å²) < 4.78 is 41.0. The number of pyridine rings is 1. The van der Waals surface area contributed by atoms with E-state index in [-0.39, 0.29) is 17.5 Å². The molecule has 1 aromatic carbocycles. The zero-order valence-electron chi connectivity index (χ0n) is 14.8. The summed E-state index contributed by atoms with van der Waals surface area (Å²) in [6, 6.07) is 6.55. The van der Waals surface area contributed by atoms with E-state index in [0.29, 0.717) is 19.0 Å². The highest BCUT2D eigenvalue weighted by molar-refractivity contribution is 5.60. The Morgan fingerprint density at radius 2 is 1.96 bits per heavy atom. The molecule has 0 aliphatic carbocycles. The van der Waals surface area contributed by atoms with E-state index in [1.54, 1.807) is 18.6 Å². The molecule has 0 N–H and O–H groups in total. The molecule has 0 bridgehead atoms. The molecule has 0 saturated carbocycles. The second-order valence-electron chi connectivity index (χ2n) is 6.52. The number of hydrogen-bond donors (Lipinski definition) is 0. The standard InChI is InChI=1S/C20H19F2N3O2/c1-26-19-16(21)3-2-15(18(19)22)20-24-8-9-25(20)17-12-27-11-14(17)10-13-4-6-23-7-5-13/h2-9,14,17H,10-12H2,1H3/t14-,17-/m1/s1. The number of halogens is 2. The van der Waals surface area contributed by atoms with Gasteiger partial charge in [-0.2, -0.15) is 0 Å². The van der Waals surface area contributed by atoms with Gasteiger partial charge in [0.15, 0.2) is 17.4 Å². The Labute approximate surface area is 155 Å². The van der Waals surface area contributed by atoms with Gasteiger partial charge in [-0.25, -0.2) is 13.8 Å². The maximum atomic E-state index is 14.8. The van der Waals surface area contributed by atoms with E-state index in [9.17, 15) is 8.78 Å². The Kier molecular flexibility index (Phi) is 4.85. The minimum Gasteiger partial charge on any atom is -0.491 e. The van der Waals surface area contributed by atoms with E-state index in [0.717, 1.165) is 6.42 Å². The lowest BCUT2D eigenvalue weighted by atomic mass is 9.95. The average Bonchev–Trinajstić information content (AvgIpc) is 3.32. The number of aromatic nitrogens is 3. The van der Waals surface area contributed by atoms with Gasteiger partial charge < -0.3 is 14.0 Å². The SMILES string of the molecule is COc1c(F)ccc(-c2nccn2[C@@H]2COC[C@H]2Cc2ccncc2)c1F. The van der Waals surface area contributed by atoms with Crippen LogP contribution >= 0.6 is 0 Å². The third-order valence-electron chi connectivity index (χ3n) is 4.93. The van der Waals surface area contributed by atoms with Crippen LogP contribution in [-0.2, 0) is 11.2 Å². The molecular weight excluding hydrogens is 352 g/mol. The topological polar surface area (TPSA) is 49.2 Å². The normalized spacial score (nSPS) is 19.4. The van der Waals surface area contributed by atoms with Crippen LogP contribution in [0.3, 0.4) is 0 Å². The molecular formula is C20H19F2N3O2. The van der Waals surface area contributed by atoms with E-state index in [2.05, 4.69) is 9.97 Å². The molecule has 1 fully saturated rings. The Morgan fingerprint density at radius 1 is 1.15 bits per heavy atom. The van der Waals surface area contributed by atoms with Crippen LogP contribution in [0, 0.1) is 17.6 Å². The number of rotatable bonds is 5. The molecule has 1 saturated heterocycles. The second-order valence-corrected chi connectivity index (χ2v) is 6.52. The monoisotopic (exact) mass is 371 g/mol. The maximum absolute atomic E-state index is 14.8. The minimum atomic E-state index is -0.755. The number of nitrogens with zero attached hydrogens (tertiary/aromatic N) is 3. The molecule has 3 aromatic rings. The lowest BCUT2D eigenvalue weighted by Crippen LogP contribution is -2.20. The van der Waals surface area contributed by atoms with Gasteiger partial charge in [-0.1, -0.05) is 0 Å². The van der Waals surface area contributed by atoms with Gasteiger partial charge in [-0.05, 0) is 36.2 Å². The highest BCUT2D eigenvalue weighted by Gasteiger charge is 2.32. The van der Waals surface area contributed by atoms with Crippen LogP contribution in [-0.4, -0.2) is 34.9 Å². The van der Waals surface area contributed by atoms with Crippen molar-refractivity contribution < 1.29 is 18.3 Å². The third kappa shape index (κ3) is 3.30. The van der Waals surface area contributed by atoms with Crippen LogP contribution in [0.15, 0.2) is 49.1 Å². The van der Waals surface area contributed by atoms with Crippen LogP contribution in [0.4, 0.5) is 8.78 Å². The zero-order valence-corrected chi connectivity index (χ0v) is 14.8. The van der Waals surface area contributed by atoms with Crippen molar-refractivity contribution in [2.45, 2.75) is 12.5 Å². The lowest BCUT2D eigenvalue weighted by molar-refractivity contribution is 0.181. The molecule has 0 spiro atoms. The maximum Gasteiger partial charge on any atom is 0.191 e. The molecule has 140 valence electrons. The Morgan fingerprint density at radius 3 is 2.74 bits per heavy atom. The molecule has 2 aromatic heterocycles. The van der Waals surface area contributed by atoms with E-state index in [4.69, 9.17) is 9.47 Å². The summed E-state index contributed by atoms with van der Waals surface area (Å²) in [6.07, 6.45) is 7.78. The number of imidazole rings is 1. The predicted octanol–water partition coefficient (Wildman–Crippen LogP) is 3.66. The molecule has 0 amide bonds. The zero-order chi connectivity index (χ0) is 18.8. The van der Waals surface area contributed by atoms with Gasteiger partial charge in [-0.15, -0.1) is 0 Å². The van der Waals surface area contributed by atoms with Crippen LogP contribution in [0.2, 0.25) is 0 Å². The second kappa shape index (κ2) is 7.44. The molecule has 1 aliphatic rings. The fourth-order valence-electron chi connectivity index (χ4n) is 3.59. The Hall–Kier alpha value is -2.80. The van der Waals surface area contributed by atoms with Crippen LogP contribution in [0.25, 0.3) is 11.4 Å². The number of hydrogen-bond acceptors (Lipinski definition) is 4. The highest BCUT2D eigenvalue weighted by Crippen LogP contribution is 2.35. The molecule has 0 radical (unpaired) electrons. The van der Waals surface area contributed by atoms with Gasteiger partial charge in [0.2, 0.25) is 0 Å². The minimum absolute atomic E-state index is 0.00566. The highest BCUT2D eigenvalue weighted by atomic mass is 19.1. The molecule has 1 aliphatic heterocycles. The number of benzene rings is 1. The van der Waals surface area contributed by atoms with Crippen molar-refractivity contribution in [3.63, 3.8) is 0 Å². The van der Waals surface area contributed by atoms with E-state index in [1.807, 2.05) is 22.9 Å². The van der Waals surface area contributed by atoms with Crippen molar-refractivity contribution in [1.82, 2.24) is 14.5 Å². The molecule has 5 nitrogen and oxygen atoms in total. The average molecular weight is 371 g/mol. The van der Waals surface area contributed by atoms with Gasteiger partial charge >= 0.3 is 0 Å². The summed E-state index contributed by atoms with van der Waals surface area (Å²) in [6.45, 7) is 1.12. The van der Waals surface area contributed by atoms with Crippen molar-refractivity contribution in [3.8, 4) is 17.1 Å². The fourth-order valence-corrected chi connectivity index (χ4v) is 3.59. The summed E-state index contributed by atoms with van der Waals surface area (Å²) in [4.78, 5) is 8.36.